The number of aliphatic carboxylic acids is 1. The lowest BCUT2D eigenvalue weighted by Crippen LogP contribution is -2.47. The standard InChI is InChI=1S/C18H26N2O3/c1-4-13-7-6-8-14(5-2)16(13)19-18(23)20-10-12(3)9-15(11-20)17(21)22/h6-8,12,15H,4-5,9-11H2,1-3H3,(H,19,23)(H,21,22). The number of carboxylic acids is 1. The van der Waals surface area contributed by atoms with E-state index in [1.54, 1.807) is 4.90 Å². The van der Waals surface area contributed by atoms with Crippen molar-refractivity contribution in [3.8, 4) is 0 Å². The smallest absolute Gasteiger partial charge is 0.321 e. The van der Waals surface area contributed by atoms with Gasteiger partial charge in [-0.25, -0.2) is 4.79 Å². The lowest BCUT2D eigenvalue weighted by atomic mass is 9.91. The van der Waals surface area contributed by atoms with Crippen LogP contribution in [0.1, 0.15) is 38.3 Å². The zero-order chi connectivity index (χ0) is 17.0. The minimum atomic E-state index is -0.822. The summed E-state index contributed by atoms with van der Waals surface area (Å²) in [6, 6.07) is 5.86. The zero-order valence-corrected chi connectivity index (χ0v) is 14.1. The number of benzene rings is 1. The zero-order valence-electron chi connectivity index (χ0n) is 14.1. The first-order valence-corrected chi connectivity index (χ1v) is 8.35. The number of piperidine rings is 1. The molecule has 0 aliphatic carbocycles. The number of carbonyl (C=O) groups is 2. The first kappa shape index (κ1) is 17.3. The van der Waals surface area contributed by atoms with Crippen molar-refractivity contribution in [1.29, 1.82) is 0 Å². The summed E-state index contributed by atoms with van der Waals surface area (Å²) in [4.78, 5) is 25.5. The number of hydrogen-bond donors (Lipinski definition) is 2. The van der Waals surface area contributed by atoms with Gasteiger partial charge in [0.25, 0.3) is 0 Å². The van der Waals surface area contributed by atoms with Crippen molar-refractivity contribution in [3.63, 3.8) is 0 Å². The summed E-state index contributed by atoms with van der Waals surface area (Å²) >= 11 is 0. The third-order valence-corrected chi connectivity index (χ3v) is 4.53. The number of para-hydroxylation sites is 1. The van der Waals surface area contributed by atoms with Gasteiger partial charge in [0.1, 0.15) is 0 Å². The number of likely N-dealkylation sites (tertiary alicyclic amines) is 1. The van der Waals surface area contributed by atoms with Crippen LogP contribution in [-0.2, 0) is 17.6 Å². The van der Waals surface area contributed by atoms with Crippen LogP contribution in [0.15, 0.2) is 18.2 Å². The molecule has 0 saturated carbocycles. The third kappa shape index (κ3) is 4.03. The quantitative estimate of drug-likeness (QED) is 0.894. The molecule has 0 aromatic heterocycles. The van der Waals surface area contributed by atoms with Crippen molar-refractivity contribution >= 4 is 17.7 Å². The first-order valence-electron chi connectivity index (χ1n) is 8.35. The summed E-state index contributed by atoms with van der Waals surface area (Å²) < 4.78 is 0. The highest BCUT2D eigenvalue weighted by atomic mass is 16.4. The Balaban J connectivity index is 2.17. The highest BCUT2D eigenvalue weighted by molar-refractivity contribution is 5.91. The lowest BCUT2D eigenvalue weighted by molar-refractivity contribution is -0.143. The van der Waals surface area contributed by atoms with Gasteiger partial charge in [-0.15, -0.1) is 0 Å². The van der Waals surface area contributed by atoms with Crippen molar-refractivity contribution in [3.05, 3.63) is 29.3 Å². The van der Waals surface area contributed by atoms with Gasteiger partial charge in [-0.05, 0) is 36.3 Å². The summed E-state index contributed by atoms with van der Waals surface area (Å²) in [5, 5.41) is 12.3. The van der Waals surface area contributed by atoms with E-state index in [1.165, 1.54) is 0 Å². The van der Waals surface area contributed by atoms with E-state index in [4.69, 9.17) is 0 Å². The predicted octanol–water partition coefficient (Wildman–Crippen LogP) is 3.39. The molecule has 2 unspecified atom stereocenters. The fourth-order valence-electron chi connectivity index (χ4n) is 3.29. The van der Waals surface area contributed by atoms with Gasteiger partial charge in [0.05, 0.1) is 5.92 Å². The maximum absolute atomic E-state index is 12.6. The fourth-order valence-corrected chi connectivity index (χ4v) is 3.29. The molecule has 5 nitrogen and oxygen atoms in total. The normalized spacial score (nSPS) is 21.1. The SMILES string of the molecule is CCc1cccc(CC)c1NC(=O)N1CC(C)CC(C(=O)O)C1. The van der Waals surface area contributed by atoms with Gasteiger partial charge in [0.2, 0.25) is 0 Å². The molecule has 0 bridgehead atoms. The molecule has 0 spiro atoms. The summed E-state index contributed by atoms with van der Waals surface area (Å²) in [5.41, 5.74) is 3.10. The Labute approximate surface area is 137 Å². The Morgan fingerprint density at radius 2 is 1.83 bits per heavy atom. The number of rotatable bonds is 4. The van der Waals surface area contributed by atoms with E-state index in [9.17, 15) is 14.7 Å². The number of nitrogens with zero attached hydrogens (tertiary/aromatic N) is 1. The molecule has 23 heavy (non-hydrogen) atoms. The van der Waals surface area contributed by atoms with E-state index in [1.807, 2.05) is 25.1 Å². The van der Waals surface area contributed by atoms with Crippen LogP contribution in [0.5, 0.6) is 0 Å². The molecule has 1 aliphatic rings. The van der Waals surface area contributed by atoms with Gasteiger partial charge in [-0.3, -0.25) is 4.79 Å². The van der Waals surface area contributed by atoms with Gasteiger partial charge in [0.15, 0.2) is 0 Å². The first-order chi connectivity index (χ1) is 11.0. The van der Waals surface area contributed by atoms with E-state index in [2.05, 4.69) is 19.2 Å². The molecule has 1 fully saturated rings. The van der Waals surface area contributed by atoms with E-state index >= 15 is 0 Å². The third-order valence-electron chi connectivity index (χ3n) is 4.53. The highest BCUT2D eigenvalue weighted by Crippen LogP contribution is 2.25. The van der Waals surface area contributed by atoms with Gasteiger partial charge >= 0.3 is 12.0 Å². The number of carboxylic acid groups (broad SMARTS) is 1. The topological polar surface area (TPSA) is 69.6 Å². The number of amides is 2. The van der Waals surface area contributed by atoms with E-state index in [-0.39, 0.29) is 18.5 Å². The van der Waals surface area contributed by atoms with Crippen LogP contribution in [-0.4, -0.2) is 35.1 Å². The Morgan fingerprint density at radius 3 is 2.35 bits per heavy atom. The second-order valence-electron chi connectivity index (χ2n) is 6.37. The molecule has 1 aromatic rings. The van der Waals surface area contributed by atoms with Crippen molar-refractivity contribution in [2.24, 2.45) is 11.8 Å². The highest BCUT2D eigenvalue weighted by Gasteiger charge is 2.32. The average Bonchev–Trinajstić information content (AvgIpc) is 2.54. The van der Waals surface area contributed by atoms with Crippen molar-refractivity contribution in [2.45, 2.75) is 40.0 Å². The minimum absolute atomic E-state index is 0.196. The minimum Gasteiger partial charge on any atom is -0.481 e. The molecule has 2 N–H and O–H groups in total. The van der Waals surface area contributed by atoms with Crippen molar-refractivity contribution in [1.82, 2.24) is 4.90 Å². The number of carbonyl (C=O) groups excluding carboxylic acids is 1. The van der Waals surface area contributed by atoms with Gasteiger partial charge in [0, 0.05) is 18.8 Å². The Kier molecular flexibility index (Phi) is 5.64. The van der Waals surface area contributed by atoms with E-state index in [0.29, 0.717) is 13.0 Å². The number of hydrogen-bond acceptors (Lipinski definition) is 2. The van der Waals surface area contributed by atoms with Crippen molar-refractivity contribution in [2.75, 3.05) is 18.4 Å². The van der Waals surface area contributed by atoms with Crippen LogP contribution in [0.4, 0.5) is 10.5 Å². The van der Waals surface area contributed by atoms with Crippen LogP contribution in [0.2, 0.25) is 0 Å². The monoisotopic (exact) mass is 318 g/mol. The molecule has 1 saturated heterocycles. The predicted molar refractivity (Wildman–Crippen MR) is 90.7 cm³/mol. The van der Waals surface area contributed by atoms with Gasteiger partial charge in [-0.1, -0.05) is 39.0 Å². The van der Waals surface area contributed by atoms with Crippen LogP contribution in [0.3, 0.4) is 0 Å². The molecule has 2 rings (SSSR count). The van der Waals surface area contributed by atoms with Crippen LogP contribution in [0, 0.1) is 11.8 Å². The maximum atomic E-state index is 12.6. The fraction of sp³-hybridized carbons (Fsp3) is 0.556. The Bertz CT molecular complexity index is 563. The number of nitrogens with one attached hydrogen (secondary N) is 1. The Hall–Kier alpha value is -2.04. The summed E-state index contributed by atoms with van der Waals surface area (Å²) in [6.07, 6.45) is 2.32. The molecule has 5 heteroatoms. The van der Waals surface area contributed by atoms with E-state index < -0.39 is 11.9 Å². The largest absolute Gasteiger partial charge is 0.481 e. The Morgan fingerprint density at radius 1 is 1.22 bits per heavy atom. The lowest BCUT2D eigenvalue weighted by Gasteiger charge is -2.35. The second-order valence-corrected chi connectivity index (χ2v) is 6.37. The molecular formula is C18H26N2O3. The van der Waals surface area contributed by atoms with Gasteiger partial charge in [-0.2, -0.15) is 0 Å². The average molecular weight is 318 g/mol. The number of urea groups is 1. The number of aryl methyl sites for hydroxylation is 2. The molecule has 0 radical (unpaired) electrons. The molecule has 1 heterocycles. The molecular weight excluding hydrogens is 292 g/mol. The molecule has 1 aliphatic heterocycles. The van der Waals surface area contributed by atoms with E-state index in [0.717, 1.165) is 29.7 Å². The van der Waals surface area contributed by atoms with Crippen LogP contribution in [0.25, 0.3) is 0 Å². The summed E-state index contributed by atoms with van der Waals surface area (Å²) in [6.45, 7) is 7.00. The summed E-state index contributed by atoms with van der Waals surface area (Å²) in [5.74, 6) is -1.10. The maximum Gasteiger partial charge on any atom is 0.321 e. The van der Waals surface area contributed by atoms with Crippen LogP contribution >= 0.6 is 0 Å². The molecule has 126 valence electrons. The molecule has 2 amide bonds. The van der Waals surface area contributed by atoms with Crippen molar-refractivity contribution < 1.29 is 14.7 Å². The van der Waals surface area contributed by atoms with Gasteiger partial charge < -0.3 is 15.3 Å². The molecule has 2 atom stereocenters. The molecule has 1 aromatic carbocycles. The summed E-state index contributed by atoms with van der Waals surface area (Å²) in [7, 11) is 0. The second kappa shape index (κ2) is 7.49. The number of anilines is 1. The van der Waals surface area contributed by atoms with Crippen LogP contribution < -0.4 is 5.32 Å².